The monoisotopic (exact) mass is 269 g/mol. The Hall–Kier alpha value is -2.10. The number of benzene rings is 1. The van der Waals surface area contributed by atoms with E-state index in [4.69, 9.17) is 0 Å². The molecule has 0 aliphatic heterocycles. The fourth-order valence-electron chi connectivity index (χ4n) is 2.85. The van der Waals surface area contributed by atoms with Gasteiger partial charge in [-0.1, -0.05) is 31.9 Å². The zero-order valence-electron chi connectivity index (χ0n) is 11.6. The summed E-state index contributed by atoms with van der Waals surface area (Å²) in [6.45, 7) is 2.06. The molecule has 0 atom stereocenters. The smallest absolute Gasteiger partial charge is 0.230 e. The molecular weight excluding hydrogens is 250 g/mol. The molecule has 2 aromatic rings. The third-order valence-corrected chi connectivity index (χ3v) is 4.19. The number of hydrogen-bond donors (Lipinski definition) is 2. The van der Waals surface area contributed by atoms with Crippen molar-refractivity contribution in [2.24, 2.45) is 5.41 Å². The van der Waals surface area contributed by atoms with Crippen LogP contribution in [0.2, 0.25) is 0 Å². The lowest BCUT2D eigenvalue weighted by atomic mass is 9.88. The number of carbonyl (C=O) groups is 1. The Morgan fingerprint density at radius 3 is 2.80 bits per heavy atom. The zero-order chi connectivity index (χ0) is 14.0. The molecule has 0 bridgehead atoms. The lowest BCUT2D eigenvalue weighted by Crippen LogP contribution is -2.30. The van der Waals surface area contributed by atoms with E-state index in [1.165, 1.54) is 0 Å². The summed E-state index contributed by atoms with van der Waals surface area (Å²) in [6, 6.07) is 9.77. The Labute approximate surface area is 118 Å². The fraction of sp³-hybridized carbons (Fsp3) is 0.375. The molecule has 1 aliphatic carbocycles. The number of anilines is 1. The first-order valence-corrected chi connectivity index (χ1v) is 7.09. The first-order valence-electron chi connectivity index (χ1n) is 7.09. The summed E-state index contributed by atoms with van der Waals surface area (Å²) in [7, 11) is 0. The summed E-state index contributed by atoms with van der Waals surface area (Å²) in [5.41, 5.74) is 2.62. The van der Waals surface area contributed by atoms with E-state index >= 15 is 0 Å². The molecule has 1 aliphatic rings. The van der Waals surface area contributed by atoms with E-state index in [9.17, 15) is 4.79 Å². The molecule has 0 spiro atoms. The van der Waals surface area contributed by atoms with Crippen molar-refractivity contribution in [2.45, 2.75) is 32.6 Å². The zero-order valence-corrected chi connectivity index (χ0v) is 11.6. The second-order valence-corrected chi connectivity index (χ2v) is 5.77. The van der Waals surface area contributed by atoms with E-state index in [2.05, 4.69) is 22.4 Å². The lowest BCUT2D eigenvalue weighted by Gasteiger charge is -2.22. The van der Waals surface area contributed by atoms with Crippen LogP contribution in [0.4, 0.5) is 5.69 Å². The van der Waals surface area contributed by atoms with Crippen LogP contribution >= 0.6 is 0 Å². The quantitative estimate of drug-likeness (QED) is 0.894. The van der Waals surface area contributed by atoms with Gasteiger partial charge < -0.3 is 5.32 Å². The van der Waals surface area contributed by atoms with Crippen LogP contribution in [0.25, 0.3) is 11.3 Å². The molecule has 104 valence electrons. The minimum Gasteiger partial charge on any atom is -0.326 e. The van der Waals surface area contributed by atoms with Gasteiger partial charge in [-0.25, -0.2) is 0 Å². The third-order valence-electron chi connectivity index (χ3n) is 4.19. The van der Waals surface area contributed by atoms with Gasteiger partial charge in [0.25, 0.3) is 0 Å². The van der Waals surface area contributed by atoms with Gasteiger partial charge in [-0.15, -0.1) is 0 Å². The number of aromatic nitrogens is 2. The Balaban J connectivity index is 1.78. The number of carbonyl (C=O) groups excluding carboxylic acids is 1. The molecule has 0 radical (unpaired) electrons. The average Bonchev–Trinajstić information content (AvgIpc) is 3.11. The summed E-state index contributed by atoms with van der Waals surface area (Å²) >= 11 is 0. The number of nitrogens with one attached hydrogen (secondary N) is 2. The van der Waals surface area contributed by atoms with E-state index in [-0.39, 0.29) is 11.3 Å². The summed E-state index contributed by atoms with van der Waals surface area (Å²) < 4.78 is 0. The molecule has 3 rings (SSSR count). The summed E-state index contributed by atoms with van der Waals surface area (Å²) in [6.07, 6.45) is 5.99. The highest BCUT2D eigenvalue weighted by Crippen LogP contribution is 2.38. The third kappa shape index (κ3) is 2.46. The van der Waals surface area contributed by atoms with Crippen LogP contribution in [0.15, 0.2) is 36.5 Å². The molecule has 1 fully saturated rings. The molecule has 20 heavy (non-hydrogen) atoms. The van der Waals surface area contributed by atoms with Crippen LogP contribution in [0.3, 0.4) is 0 Å². The van der Waals surface area contributed by atoms with Gasteiger partial charge in [0.15, 0.2) is 0 Å². The molecule has 0 saturated heterocycles. The molecule has 4 heteroatoms. The van der Waals surface area contributed by atoms with Crippen molar-refractivity contribution >= 4 is 11.6 Å². The molecule has 1 saturated carbocycles. The predicted octanol–water partition coefficient (Wildman–Crippen LogP) is 3.60. The lowest BCUT2D eigenvalue weighted by molar-refractivity contribution is -0.124. The van der Waals surface area contributed by atoms with Crippen molar-refractivity contribution in [1.82, 2.24) is 10.2 Å². The van der Waals surface area contributed by atoms with Gasteiger partial charge in [0.2, 0.25) is 5.91 Å². The van der Waals surface area contributed by atoms with Gasteiger partial charge in [0.05, 0.1) is 5.69 Å². The highest BCUT2D eigenvalue weighted by molar-refractivity contribution is 5.95. The van der Waals surface area contributed by atoms with Gasteiger partial charge in [0, 0.05) is 22.9 Å². The highest BCUT2D eigenvalue weighted by atomic mass is 16.2. The van der Waals surface area contributed by atoms with Gasteiger partial charge in [-0.05, 0) is 31.0 Å². The van der Waals surface area contributed by atoms with Crippen LogP contribution in [-0.4, -0.2) is 16.1 Å². The molecule has 1 amide bonds. The Morgan fingerprint density at radius 2 is 2.10 bits per heavy atom. The molecule has 1 aromatic carbocycles. The Bertz CT molecular complexity index is 598. The second-order valence-electron chi connectivity index (χ2n) is 5.77. The van der Waals surface area contributed by atoms with Crippen LogP contribution in [-0.2, 0) is 4.79 Å². The standard InChI is InChI=1S/C16H19N3O/c1-16(8-2-3-9-16)15(20)18-13-6-4-5-12(11-13)14-7-10-17-19-14/h4-7,10-11H,2-3,8-9H2,1H3,(H,17,19)(H,18,20). The second kappa shape index (κ2) is 5.12. The minimum atomic E-state index is -0.204. The van der Waals surface area contributed by atoms with Crippen LogP contribution in [0.5, 0.6) is 0 Å². The largest absolute Gasteiger partial charge is 0.326 e. The Morgan fingerprint density at radius 1 is 1.30 bits per heavy atom. The molecule has 1 aromatic heterocycles. The highest BCUT2D eigenvalue weighted by Gasteiger charge is 2.36. The van der Waals surface area contributed by atoms with Gasteiger partial charge >= 0.3 is 0 Å². The predicted molar refractivity (Wildman–Crippen MR) is 79.2 cm³/mol. The van der Waals surface area contributed by atoms with Gasteiger partial charge in [0.1, 0.15) is 0 Å². The van der Waals surface area contributed by atoms with Crippen LogP contribution in [0.1, 0.15) is 32.6 Å². The molecule has 0 unspecified atom stereocenters. The Kier molecular flexibility index (Phi) is 3.30. The van der Waals surface area contributed by atoms with E-state index in [0.717, 1.165) is 42.6 Å². The number of nitrogens with zero attached hydrogens (tertiary/aromatic N) is 1. The maximum absolute atomic E-state index is 12.4. The van der Waals surface area contributed by atoms with Crippen LogP contribution < -0.4 is 5.32 Å². The number of aromatic amines is 1. The average molecular weight is 269 g/mol. The van der Waals surface area contributed by atoms with Crippen molar-refractivity contribution < 1.29 is 4.79 Å². The van der Waals surface area contributed by atoms with E-state index < -0.39 is 0 Å². The van der Waals surface area contributed by atoms with Crippen molar-refractivity contribution in [3.05, 3.63) is 36.5 Å². The van der Waals surface area contributed by atoms with Crippen molar-refractivity contribution in [1.29, 1.82) is 0 Å². The molecule has 1 heterocycles. The van der Waals surface area contributed by atoms with Crippen molar-refractivity contribution in [2.75, 3.05) is 5.32 Å². The van der Waals surface area contributed by atoms with E-state index in [0.29, 0.717) is 0 Å². The van der Waals surface area contributed by atoms with Gasteiger partial charge in [-0.3, -0.25) is 9.89 Å². The SMILES string of the molecule is CC1(C(=O)Nc2cccc(-c3ccn[nH]3)c2)CCCC1. The maximum Gasteiger partial charge on any atom is 0.230 e. The van der Waals surface area contributed by atoms with Crippen molar-refractivity contribution in [3.63, 3.8) is 0 Å². The summed E-state index contributed by atoms with van der Waals surface area (Å²) in [5.74, 6) is 0.136. The summed E-state index contributed by atoms with van der Waals surface area (Å²) in [4.78, 5) is 12.4. The molecule has 4 nitrogen and oxygen atoms in total. The molecular formula is C16H19N3O. The topological polar surface area (TPSA) is 57.8 Å². The molecule has 2 N–H and O–H groups in total. The van der Waals surface area contributed by atoms with Crippen molar-refractivity contribution in [3.8, 4) is 11.3 Å². The van der Waals surface area contributed by atoms with Gasteiger partial charge in [-0.2, -0.15) is 5.10 Å². The minimum absolute atomic E-state index is 0.136. The van der Waals surface area contributed by atoms with E-state index in [1.54, 1.807) is 6.20 Å². The normalized spacial score (nSPS) is 17.1. The fourth-order valence-corrected chi connectivity index (χ4v) is 2.85. The number of hydrogen-bond acceptors (Lipinski definition) is 2. The first-order chi connectivity index (χ1) is 9.67. The summed E-state index contributed by atoms with van der Waals surface area (Å²) in [5, 5.41) is 9.94. The van der Waals surface area contributed by atoms with Crippen LogP contribution in [0, 0.1) is 5.41 Å². The number of amides is 1. The van der Waals surface area contributed by atoms with E-state index in [1.807, 2.05) is 30.3 Å². The maximum atomic E-state index is 12.4. The first kappa shape index (κ1) is 12.9. The number of rotatable bonds is 3. The number of H-pyrrole nitrogens is 1.